The molecule has 1 aromatic heterocycles. The third-order valence-corrected chi connectivity index (χ3v) is 7.07. The van der Waals surface area contributed by atoms with Crippen LogP contribution in [0.25, 0.3) is 32.9 Å². The molecule has 0 bridgehead atoms. The molecule has 0 atom stereocenters. The van der Waals surface area contributed by atoms with E-state index in [2.05, 4.69) is 40.2 Å². The van der Waals surface area contributed by atoms with Crippen LogP contribution in [0, 0.1) is 0 Å². The smallest absolute Gasteiger partial charge is 0.407 e. The van der Waals surface area contributed by atoms with Gasteiger partial charge in [0.1, 0.15) is 6.61 Å². The number of para-hydroxylation sites is 2. The summed E-state index contributed by atoms with van der Waals surface area (Å²) >= 11 is 0. The van der Waals surface area contributed by atoms with Gasteiger partial charge in [0.2, 0.25) is 5.91 Å². The van der Waals surface area contributed by atoms with Gasteiger partial charge in [-0.25, -0.2) is 9.78 Å². The molecular weight excluding hydrogens is 488 g/mol. The summed E-state index contributed by atoms with van der Waals surface area (Å²) in [6.45, 7) is 0.974. The second kappa shape index (κ2) is 10.8. The number of carbonyl (C=O) groups excluding carboxylic acids is 2. The molecule has 0 fully saturated rings. The summed E-state index contributed by atoms with van der Waals surface area (Å²) in [5.41, 5.74) is 7.44. The number of pyridine rings is 1. The second-order valence-corrected chi connectivity index (χ2v) is 9.48. The van der Waals surface area contributed by atoms with E-state index in [0.29, 0.717) is 13.1 Å². The summed E-state index contributed by atoms with van der Waals surface area (Å²) in [6.07, 6.45) is -0.611. The molecule has 2 amide bonds. The first-order chi connectivity index (χ1) is 19.2. The van der Waals surface area contributed by atoms with Gasteiger partial charge in [-0.2, -0.15) is 0 Å². The molecule has 5 aromatic rings. The second-order valence-electron chi connectivity index (χ2n) is 9.48. The fourth-order valence-corrected chi connectivity index (χ4v) is 5.28. The lowest BCUT2D eigenvalue weighted by Gasteiger charge is -2.15. The number of benzene rings is 4. The molecule has 7 nitrogen and oxygen atoms in total. The zero-order valence-electron chi connectivity index (χ0n) is 21.3. The van der Waals surface area contributed by atoms with Gasteiger partial charge in [0, 0.05) is 29.8 Å². The predicted molar refractivity (Wildman–Crippen MR) is 154 cm³/mol. The monoisotopic (exact) mass is 516 g/mol. The number of hydrogen-bond acceptors (Lipinski definition) is 5. The summed E-state index contributed by atoms with van der Waals surface area (Å²) < 4.78 is 5.51. The molecule has 3 N–H and O–H groups in total. The standard InChI is InChI=1S/C32H28N4O3/c37-30(33-17-18-34-31-25-13-5-7-15-28(25)36-29-16-8-6-14-26(29)31)19-35-32(38)39-20-27-23-11-3-1-9-21(23)22-10-2-4-12-24(22)27/h1-16,27H,17-20H2,(H,33,37)(H,34,36)(H,35,38). The lowest BCUT2D eigenvalue weighted by molar-refractivity contribution is -0.120. The van der Waals surface area contributed by atoms with E-state index in [1.165, 1.54) is 11.1 Å². The van der Waals surface area contributed by atoms with E-state index in [4.69, 9.17) is 9.72 Å². The van der Waals surface area contributed by atoms with Crippen LogP contribution in [0.2, 0.25) is 0 Å². The van der Waals surface area contributed by atoms with Gasteiger partial charge in [-0.3, -0.25) is 4.79 Å². The van der Waals surface area contributed by atoms with Crippen LogP contribution in [0.1, 0.15) is 17.0 Å². The topological polar surface area (TPSA) is 92.4 Å². The molecule has 0 unspecified atom stereocenters. The fourth-order valence-electron chi connectivity index (χ4n) is 5.28. The minimum absolute atomic E-state index is 0.0246. The number of aromatic nitrogens is 1. The highest BCUT2D eigenvalue weighted by molar-refractivity contribution is 6.07. The Kier molecular flexibility index (Phi) is 6.78. The van der Waals surface area contributed by atoms with Crippen LogP contribution in [-0.2, 0) is 9.53 Å². The zero-order valence-corrected chi connectivity index (χ0v) is 21.3. The summed E-state index contributed by atoms with van der Waals surface area (Å²) in [7, 11) is 0. The molecule has 0 spiro atoms. The van der Waals surface area contributed by atoms with Crippen molar-refractivity contribution >= 4 is 39.5 Å². The highest BCUT2D eigenvalue weighted by atomic mass is 16.5. The quantitative estimate of drug-likeness (QED) is 0.188. The maximum absolute atomic E-state index is 12.4. The third-order valence-electron chi connectivity index (χ3n) is 7.07. The lowest BCUT2D eigenvalue weighted by Crippen LogP contribution is -2.39. The number of rotatable bonds is 8. The van der Waals surface area contributed by atoms with Crippen molar-refractivity contribution in [3.8, 4) is 11.1 Å². The van der Waals surface area contributed by atoms with Gasteiger partial charge in [0.15, 0.2) is 0 Å². The number of carbonyl (C=O) groups is 2. The molecule has 39 heavy (non-hydrogen) atoms. The number of anilines is 1. The van der Waals surface area contributed by atoms with Crippen molar-refractivity contribution in [1.29, 1.82) is 0 Å². The Hall–Kier alpha value is -4.91. The molecular formula is C32H28N4O3. The first-order valence-electron chi connectivity index (χ1n) is 13.1. The van der Waals surface area contributed by atoms with Crippen LogP contribution in [0.5, 0.6) is 0 Å². The number of nitrogens with zero attached hydrogens (tertiary/aromatic N) is 1. The first kappa shape index (κ1) is 24.4. The Morgan fingerprint density at radius 2 is 1.26 bits per heavy atom. The van der Waals surface area contributed by atoms with Gasteiger partial charge >= 0.3 is 6.09 Å². The van der Waals surface area contributed by atoms with Crippen molar-refractivity contribution in [2.24, 2.45) is 0 Å². The van der Waals surface area contributed by atoms with Gasteiger partial charge in [-0.15, -0.1) is 0 Å². The average Bonchev–Trinajstić information content (AvgIpc) is 3.30. The Labute approximate surface area is 226 Å². The predicted octanol–water partition coefficient (Wildman–Crippen LogP) is 5.45. The van der Waals surface area contributed by atoms with Crippen molar-refractivity contribution in [1.82, 2.24) is 15.6 Å². The van der Waals surface area contributed by atoms with Crippen molar-refractivity contribution in [3.05, 3.63) is 108 Å². The Balaban J connectivity index is 0.987. The number of alkyl carbamates (subject to hydrolysis) is 1. The van der Waals surface area contributed by atoms with Gasteiger partial charge in [0.05, 0.1) is 23.3 Å². The van der Waals surface area contributed by atoms with Gasteiger partial charge in [-0.1, -0.05) is 84.9 Å². The maximum Gasteiger partial charge on any atom is 0.407 e. The fraction of sp³-hybridized carbons (Fsp3) is 0.156. The molecule has 1 aliphatic carbocycles. The zero-order chi connectivity index (χ0) is 26.6. The summed E-state index contributed by atoms with van der Waals surface area (Å²) in [5, 5.41) is 10.9. The number of amides is 2. The largest absolute Gasteiger partial charge is 0.449 e. The SMILES string of the molecule is O=C(CNC(=O)OCC1c2ccccc2-c2ccccc21)NCCNc1c2ccccc2nc2ccccc12. The van der Waals surface area contributed by atoms with Crippen LogP contribution < -0.4 is 16.0 Å². The van der Waals surface area contributed by atoms with E-state index in [9.17, 15) is 9.59 Å². The molecule has 0 radical (unpaired) electrons. The molecule has 0 saturated carbocycles. The van der Waals surface area contributed by atoms with Crippen LogP contribution in [0.4, 0.5) is 10.5 Å². The third kappa shape index (κ3) is 4.99. The van der Waals surface area contributed by atoms with E-state index >= 15 is 0 Å². The summed E-state index contributed by atoms with van der Waals surface area (Å²) in [5.74, 6) is -0.307. The number of nitrogens with one attached hydrogen (secondary N) is 3. The van der Waals surface area contributed by atoms with Gasteiger partial charge < -0.3 is 20.7 Å². The van der Waals surface area contributed by atoms with E-state index in [-0.39, 0.29) is 25.0 Å². The Bertz CT molecular complexity index is 1580. The molecule has 7 heteroatoms. The minimum atomic E-state index is -0.611. The van der Waals surface area contributed by atoms with E-state index < -0.39 is 6.09 Å². The molecule has 4 aromatic carbocycles. The Morgan fingerprint density at radius 1 is 0.692 bits per heavy atom. The van der Waals surface area contributed by atoms with Gasteiger partial charge in [-0.05, 0) is 34.4 Å². The highest BCUT2D eigenvalue weighted by Crippen LogP contribution is 2.44. The maximum atomic E-state index is 12.4. The number of fused-ring (bicyclic) bond motifs is 5. The molecule has 0 aliphatic heterocycles. The van der Waals surface area contributed by atoms with Gasteiger partial charge in [0.25, 0.3) is 0 Å². The minimum Gasteiger partial charge on any atom is -0.449 e. The van der Waals surface area contributed by atoms with Crippen LogP contribution in [0.15, 0.2) is 97.1 Å². The van der Waals surface area contributed by atoms with Crippen molar-refractivity contribution in [2.75, 3.05) is 31.6 Å². The highest BCUT2D eigenvalue weighted by Gasteiger charge is 2.29. The van der Waals surface area contributed by atoms with E-state index in [1.807, 2.05) is 72.8 Å². The lowest BCUT2D eigenvalue weighted by atomic mass is 9.98. The van der Waals surface area contributed by atoms with E-state index in [0.717, 1.165) is 38.6 Å². The molecule has 0 saturated heterocycles. The van der Waals surface area contributed by atoms with Crippen molar-refractivity contribution in [2.45, 2.75) is 5.92 Å². The summed E-state index contributed by atoms with van der Waals surface area (Å²) in [6, 6.07) is 32.3. The first-order valence-corrected chi connectivity index (χ1v) is 13.1. The molecule has 194 valence electrons. The van der Waals surface area contributed by atoms with Crippen molar-refractivity contribution in [3.63, 3.8) is 0 Å². The number of ether oxygens (including phenoxy) is 1. The number of hydrogen-bond donors (Lipinski definition) is 3. The summed E-state index contributed by atoms with van der Waals surface area (Å²) in [4.78, 5) is 29.4. The van der Waals surface area contributed by atoms with Crippen LogP contribution in [-0.4, -0.2) is 43.2 Å². The molecule has 6 rings (SSSR count). The Morgan fingerprint density at radius 3 is 1.90 bits per heavy atom. The van der Waals surface area contributed by atoms with Crippen molar-refractivity contribution < 1.29 is 14.3 Å². The van der Waals surface area contributed by atoms with Crippen LogP contribution >= 0.6 is 0 Å². The molecule has 1 heterocycles. The average molecular weight is 517 g/mol. The normalized spacial score (nSPS) is 12.1. The molecule has 1 aliphatic rings. The van der Waals surface area contributed by atoms with E-state index in [1.54, 1.807) is 0 Å². The van der Waals surface area contributed by atoms with Crippen LogP contribution in [0.3, 0.4) is 0 Å².